The van der Waals surface area contributed by atoms with Gasteiger partial charge in [0.2, 0.25) is 0 Å². The molecule has 0 radical (unpaired) electrons. The Labute approximate surface area is 155 Å². The molecule has 0 saturated carbocycles. The van der Waals surface area contributed by atoms with E-state index in [-0.39, 0.29) is 0 Å². The predicted octanol–water partition coefficient (Wildman–Crippen LogP) is 2.63. The molecule has 0 aliphatic rings. The Balaban J connectivity index is 2.28. The van der Waals surface area contributed by atoms with E-state index in [4.69, 9.17) is 9.47 Å². The van der Waals surface area contributed by atoms with Crippen molar-refractivity contribution in [3.63, 3.8) is 0 Å². The second-order valence-electron chi connectivity index (χ2n) is 5.81. The Morgan fingerprint density at radius 2 is 1.76 bits per heavy atom. The molecule has 138 valence electrons. The summed E-state index contributed by atoms with van der Waals surface area (Å²) in [5.41, 5.74) is 0. The monoisotopic (exact) mass is 414 g/mol. The fourth-order valence-electron chi connectivity index (χ4n) is 1.70. The lowest BCUT2D eigenvalue weighted by Gasteiger charge is -2.14. The molecule has 0 aromatic heterocycles. The molecule has 1 aromatic rings. The number of hydrogen-bond acceptors (Lipinski definition) is 5. The fraction of sp³-hybridized carbons (Fsp3) is 0.471. The minimum atomic E-state index is -0.881. The summed E-state index contributed by atoms with van der Waals surface area (Å²) in [6, 6.07) is 6.34. The molecule has 25 heavy (non-hydrogen) atoms. The molecule has 0 spiro atoms. The Morgan fingerprint density at radius 3 is 2.36 bits per heavy atom. The molecule has 0 saturated heterocycles. The van der Waals surface area contributed by atoms with Crippen molar-refractivity contribution in [1.82, 2.24) is 10.6 Å². The number of ether oxygens (including phenoxy) is 2. The predicted molar refractivity (Wildman–Crippen MR) is 96.2 cm³/mol. The molecule has 0 aliphatic carbocycles. The third-order valence-corrected chi connectivity index (χ3v) is 3.59. The Hall–Kier alpha value is -2.09. The van der Waals surface area contributed by atoms with Gasteiger partial charge in [-0.25, -0.2) is 9.59 Å². The smallest absolute Gasteiger partial charge is 0.347 e. The van der Waals surface area contributed by atoms with E-state index in [1.165, 1.54) is 6.92 Å². The maximum Gasteiger partial charge on any atom is 0.347 e. The summed E-state index contributed by atoms with van der Waals surface area (Å²) in [5, 5.41) is 4.64. The van der Waals surface area contributed by atoms with Gasteiger partial charge in [0, 0.05) is 11.0 Å². The number of esters is 1. The summed E-state index contributed by atoms with van der Waals surface area (Å²) in [4.78, 5) is 34.9. The molecule has 8 heteroatoms. The van der Waals surface area contributed by atoms with E-state index in [0.717, 1.165) is 10.9 Å². The first kappa shape index (κ1) is 21.0. The van der Waals surface area contributed by atoms with Gasteiger partial charge < -0.3 is 14.8 Å². The van der Waals surface area contributed by atoms with E-state index in [0.29, 0.717) is 18.2 Å². The van der Waals surface area contributed by atoms with Gasteiger partial charge in [0.05, 0.1) is 0 Å². The van der Waals surface area contributed by atoms with Crippen LogP contribution in [0.5, 0.6) is 5.75 Å². The Bertz CT molecular complexity index is 589. The molecule has 0 unspecified atom stereocenters. The van der Waals surface area contributed by atoms with E-state index >= 15 is 0 Å². The third-order valence-electron chi connectivity index (χ3n) is 3.06. The third kappa shape index (κ3) is 9.09. The zero-order valence-electron chi connectivity index (χ0n) is 14.5. The molecule has 2 N–H and O–H groups in total. The normalized spacial score (nSPS) is 11.6. The summed E-state index contributed by atoms with van der Waals surface area (Å²) >= 11 is 3.30. The number of urea groups is 1. The number of carbonyl (C=O) groups excluding carboxylic acids is 3. The van der Waals surface area contributed by atoms with Crippen LogP contribution in [0.4, 0.5) is 4.79 Å². The standard InChI is InChI=1S/C17H23BrN2O5/c1-11(2)8-9-19-17(23)20-15(21)10-24-16(22)12(3)25-14-6-4-13(18)5-7-14/h4-7,11-12H,8-10H2,1-3H3,(H2,19,20,21,23)/t12-/m0/s1. The van der Waals surface area contributed by atoms with Gasteiger partial charge in [-0.15, -0.1) is 0 Å². The highest BCUT2D eigenvalue weighted by molar-refractivity contribution is 9.10. The van der Waals surface area contributed by atoms with E-state index in [1.54, 1.807) is 24.3 Å². The van der Waals surface area contributed by atoms with Gasteiger partial charge in [-0.2, -0.15) is 0 Å². The van der Waals surface area contributed by atoms with Gasteiger partial charge in [-0.05, 0) is 43.5 Å². The summed E-state index contributed by atoms with van der Waals surface area (Å²) in [6.45, 7) is 5.49. The minimum absolute atomic E-state index is 0.448. The van der Waals surface area contributed by atoms with Crippen LogP contribution in [0.15, 0.2) is 28.7 Å². The van der Waals surface area contributed by atoms with Crippen molar-refractivity contribution in [2.45, 2.75) is 33.3 Å². The van der Waals surface area contributed by atoms with E-state index < -0.39 is 30.6 Å². The quantitative estimate of drug-likeness (QED) is 0.637. The van der Waals surface area contributed by atoms with Gasteiger partial charge in [0.1, 0.15) is 5.75 Å². The molecular formula is C17H23BrN2O5. The molecule has 3 amide bonds. The molecule has 0 bridgehead atoms. The first-order chi connectivity index (χ1) is 11.8. The number of halogens is 1. The number of rotatable bonds is 8. The molecule has 1 atom stereocenters. The summed E-state index contributed by atoms with van der Waals surface area (Å²) < 4.78 is 11.1. The van der Waals surface area contributed by atoms with Crippen LogP contribution < -0.4 is 15.4 Å². The first-order valence-electron chi connectivity index (χ1n) is 7.94. The van der Waals surface area contributed by atoms with Crippen LogP contribution in [0.3, 0.4) is 0 Å². The van der Waals surface area contributed by atoms with Crippen LogP contribution >= 0.6 is 15.9 Å². The van der Waals surface area contributed by atoms with Crippen molar-refractivity contribution >= 4 is 33.8 Å². The van der Waals surface area contributed by atoms with Crippen molar-refractivity contribution < 1.29 is 23.9 Å². The van der Waals surface area contributed by atoms with Crippen LogP contribution in [0.25, 0.3) is 0 Å². The fourth-order valence-corrected chi connectivity index (χ4v) is 1.97. The SMILES string of the molecule is CC(C)CCNC(=O)NC(=O)COC(=O)[C@H](C)Oc1ccc(Br)cc1. The number of imide groups is 1. The molecule has 1 rings (SSSR count). The molecule has 0 fully saturated rings. The van der Waals surface area contributed by atoms with Gasteiger partial charge >= 0.3 is 12.0 Å². The molecular weight excluding hydrogens is 392 g/mol. The molecule has 1 aromatic carbocycles. The largest absolute Gasteiger partial charge is 0.479 e. The Morgan fingerprint density at radius 1 is 1.12 bits per heavy atom. The minimum Gasteiger partial charge on any atom is -0.479 e. The number of nitrogens with one attached hydrogen (secondary N) is 2. The van der Waals surface area contributed by atoms with Gasteiger partial charge in [0.25, 0.3) is 5.91 Å². The van der Waals surface area contributed by atoms with E-state index in [9.17, 15) is 14.4 Å². The molecule has 0 heterocycles. The zero-order valence-corrected chi connectivity index (χ0v) is 16.1. The van der Waals surface area contributed by atoms with Gasteiger partial charge in [0.15, 0.2) is 12.7 Å². The average molecular weight is 415 g/mol. The number of benzene rings is 1. The number of carbonyl (C=O) groups is 3. The van der Waals surface area contributed by atoms with Crippen LogP contribution in [0.2, 0.25) is 0 Å². The maximum atomic E-state index is 11.8. The second-order valence-corrected chi connectivity index (χ2v) is 6.72. The highest BCUT2D eigenvalue weighted by atomic mass is 79.9. The Kier molecular flexibility index (Phi) is 8.98. The average Bonchev–Trinajstić information content (AvgIpc) is 2.54. The van der Waals surface area contributed by atoms with Crippen molar-refractivity contribution in [2.24, 2.45) is 5.92 Å². The molecule has 0 aliphatic heterocycles. The van der Waals surface area contributed by atoms with E-state index in [2.05, 4.69) is 26.6 Å². The lowest BCUT2D eigenvalue weighted by Crippen LogP contribution is -2.42. The van der Waals surface area contributed by atoms with E-state index in [1.807, 2.05) is 13.8 Å². The zero-order chi connectivity index (χ0) is 18.8. The highest BCUT2D eigenvalue weighted by Crippen LogP contribution is 2.17. The second kappa shape index (κ2) is 10.7. The first-order valence-corrected chi connectivity index (χ1v) is 8.73. The lowest BCUT2D eigenvalue weighted by atomic mass is 10.1. The van der Waals surface area contributed by atoms with Crippen LogP contribution in [-0.2, 0) is 14.3 Å². The topological polar surface area (TPSA) is 93.7 Å². The van der Waals surface area contributed by atoms with Crippen molar-refractivity contribution in [2.75, 3.05) is 13.2 Å². The summed E-state index contributed by atoms with van der Waals surface area (Å²) in [5.74, 6) is -0.449. The van der Waals surface area contributed by atoms with Crippen molar-refractivity contribution in [1.29, 1.82) is 0 Å². The van der Waals surface area contributed by atoms with Crippen molar-refractivity contribution in [3.05, 3.63) is 28.7 Å². The van der Waals surface area contributed by atoms with Gasteiger partial charge in [-0.3, -0.25) is 10.1 Å². The van der Waals surface area contributed by atoms with Crippen LogP contribution in [0.1, 0.15) is 27.2 Å². The molecule has 7 nitrogen and oxygen atoms in total. The van der Waals surface area contributed by atoms with Crippen LogP contribution in [0, 0.1) is 5.92 Å². The number of hydrogen-bond donors (Lipinski definition) is 2. The lowest BCUT2D eigenvalue weighted by molar-refractivity contribution is -0.154. The van der Waals surface area contributed by atoms with Gasteiger partial charge in [-0.1, -0.05) is 29.8 Å². The van der Waals surface area contributed by atoms with Crippen molar-refractivity contribution in [3.8, 4) is 5.75 Å². The highest BCUT2D eigenvalue weighted by Gasteiger charge is 2.18. The van der Waals surface area contributed by atoms with Crippen LogP contribution in [-0.4, -0.2) is 37.2 Å². The number of amides is 3. The maximum absolute atomic E-state index is 11.8. The summed E-state index contributed by atoms with van der Waals surface area (Å²) in [6.07, 6.45) is -0.0736. The summed E-state index contributed by atoms with van der Waals surface area (Å²) in [7, 11) is 0.